The first-order valence-corrected chi connectivity index (χ1v) is 6.87. The predicted molar refractivity (Wildman–Crippen MR) is 92.5 cm³/mol. The van der Waals surface area contributed by atoms with E-state index >= 15 is 0 Å². The van der Waals surface area contributed by atoms with Gasteiger partial charge in [0.25, 0.3) is 0 Å². The van der Waals surface area contributed by atoms with Gasteiger partial charge in [0.05, 0.1) is 5.70 Å². The molecule has 20 heavy (non-hydrogen) atoms. The number of halogens is 1. The van der Waals surface area contributed by atoms with Gasteiger partial charge >= 0.3 is 0 Å². The number of hydrogen-bond acceptors (Lipinski definition) is 1. The summed E-state index contributed by atoms with van der Waals surface area (Å²) in [6, 6.07) is 7.72. The van der Waals surface area contributed by atoms with Crippen molar-refractivity contribution < 1.29 is 0 Å². The molecular weight excluding hydrogens is 312 g/mol. The van der Waals surface area contributed by atoms with Crippen molar-refractivity contribution in [2.24, 2.45) is 9.98 Å². The first-order valence-electron chi connectivity index (χ1n) is 6.08. The molecule has 0 aromatic heterocycles. The van der Waals surface area contributed by atoms with E-state index in [1.54, 1.807) is 6.08 Å². The second kappa shape index (κ2) is 8.23. The molecular formula is C17H17BrN2. The van der Waals surface area contributed by atoms with Crippen LogP contribution in [0.5, 0.6) is 0 Å². The van der Waals surface area contributed by atoms with Crippen LogP contribution in [0.1, 0.15) is 12.5 Å². The molecule has 102 valence electrons. The highest BCUT2D eigenvalue weighted by Gasteiger charge is 2.03. The third-order valence-corrected chi connectivity index (χ3v) is 3.04. The standard InChI is InChI=1S/C17H17BrN2/c1-5-7-8-14(6-2)13(3)20-17(19-4)15-9-11-16(18)12-10-15/h5-12H,2-4H2,1H3/b7-5-,14-8+,20-17?. The van der Waals surface area contributed by atoms with E-state index in [1.165, 1.54) is 0 Å². The second-order valence-corrected chi connectivity index (χ2v) is 4.81. The van der Waals surface area contributed by atoms with Gasteiger partial charge in [0.1, 0.15) is 0 Å². The van der Waals surface area contributed by atoms with E-state index in [2.05, 4.69) is 45.8 Å². The minimum atomic E-state index is 0.538. The third kappa shape index (κ3) is 4.59. The van der Waals surface area contributed by atoms with Crippen LogP contribution >= 0.6 is 15.9 Å². The summed E-state index contributed by atoms with van der Waals surface area (Å²) in [5.41, 5.74) is 2.34. The molecule has 2 nitrogen and oxygen atoms in total. The second-order valence-electron chi connectivity index (χ2n) is 3.90. The van der Waals surface area contributed by atoms with Crippen LogP contribution in [0.3, 0.4) is 0 Å². The van der Waals surface area contributed by atoms with Crippen LogP contribution in [0, 0.1) is 0 Å². The Balaban J connectivity index is 3.10. The van der Waals surface area contributed by atoms with Crippen LogP contribution in [-0.4, -0.2) is 12.6 Å². The Morgan fingerprint density at radius 1 is 1.25 bits per heavy atom. The fourth-order valence-corrected chi connectivity index (χ4v) is 1.73. The van der Waals surface area contributed by atoms with Crippen molar-refractivity contribution >= 4 is 28.5 Å². The number of hydrogen-bond donors (Lipinski definition) is 0. The molecule has 0 radical (unpaired) electrons. The van der Waals surface area contributed by atoms with Gasteiger partial charge in [-0.1, -0.05) is 65.5 Å². The highest BCUT2D eigenvalue weighted by atomic mass is 79.9. The highest BCUT2D eigenvalue weighted by molar-refractivity contribution is 9.10. The lowest BCUT2D eigenvalue weighted by Crippen LogP contribution is -1.97. The molecule has 0 spiro atoms. The van der Waals surface area contributed by atoms with E-state index in [1.807, 2.05) is 49.4 Å². The van der Waals surface area contributed by atoms with Gasteiger partial charge in [-0.3, -0.25) is 0 Å². The van der Waals surface area contributed by atoms with Gasteiger partial charge in [-0.2, -0.15) is 0 Å². The summed E-state index contributed by atoms with van der Waals surface area (Å²) in [5, 5.41) is 0. The van der Waals surface area contributed by atoms with Crippen molar-refractivity contribution in [3.8, 4) is 0 Å². The van der Waals surface area contributed by atoms with Gasteiger partial charge in [0, 0.05) is 10.0 Å². The molecule has 0 unspecified atom stereocenters. The zero-order chi connectivity index (χ0) is 15.0. The van der Waals surface area contributed by atoms with Gasteiger partial charge in [0.2, 0.25) is 0 Å². The molecule has 0 saturated heterocycles. The van der Waals surface area contributed by atoms with E-state index in [4.69, 9.17) is 0 Å². The van der Waals surface area contributed by atoms with Crippen molar-refractivity contribution in [2.75, 3.05) is 0 Å². The van der Waals surface area contributed by atoms with Crippen LogP contribution in [0.2, 0.25) is 0 Å². The van der Waals surface area contributed by atoms with Gasteiger partial charge < -0.3 is 0 Å². The van der Waals surface area contributed by atoms with Crippen molar-refractivity contribution in [2.45, 2.75) is 6.92 Å². The summed E-state index contributed by atoms with van der Waals surface area (Å²) < 4.78 is 1.00. The minimum absolute atomic E-state index is 0.538. The van der Waals surface area contributed by atoms with Gasteiger partial charge in [-0.15, -0.1) is 0 Å². The molecule has 0 saturated carbocycles. The third-order valence-electron chi connectivity index (χ3n) is 2.51. The van der Waals surface area contributed by atoms with Crippen molar-refractivity contribution in [3.05, 3.63) is 83.0 Å². The molecule has 0 fully saturated rings. The van der Waals surface area contributed by atoms with Gasteiger partial charge in [-0.25, -0.2) is 9.98 Å². The van der Waals surface area contributed by atoms with E-state index < -0.39 is 0 Å². The molecule has 0 heterocycles. The summed E-state index contributed by atoms with van der Waals surface area (Å²) >= 11 is 3.40. The summed E-state index contributed by atoms with van der Waals surface area (Å²) in [6.45, 7) is 13.2. The summed E-state index contributed by atoms with van der Waals surface area (Å²) in [4.78, 5) is 8.39. The van der Waals surface area contributed by atoms with Gasteiger partial charge in [-0.05, 0) is 31.3 Å². The zero-order valence-corrected chi connectivity index (χ0v) is 13.1. The fraction of sp³-hybridized carbons (Fsp3) is 0.0588. The molecule has 1 rings (SSSR count). The van der Waals surface area contributed by atoms with Crippen LogP contribution in [-0.2, 0) is 0 Å². The first-order chi connectivity index (χ1) is 9.62. The topological polar surface area (TPSA) is 24.7 Å². The number of allylic oxidation sites excluding steroid dienone is 4. The van der Waals surface area contributed by atoms with E-state index in [-0.39, 0.29) is 0 Å². The van der Waals surface area contributed by atoms with Crippen LogP contribution in [0.15, 0.2) is 87.5 Å². The molecule has 0 N–H and O–H groups in total. The SMILES string of the molecule is C=C/C(=C\C=C/C)C(=C)N=C(N=C)c1ccc(Br)cc1. The highest BCUT2D eigenvalue weighted by Crippen LogP contribution is 2.16. The van der Waals surface area contributed by atoms with Crippen molar-refractivity contribution in [1.29, 1.82) is 0 Å². The summed E-state index contributed by atoms with van der Waals surface area (Å²) in [7, 11) is 0. The Morgan fingerprint density at radius 2 is 1.90 bits per heavy atom. The maximum Gasteiger partial charge on any atom is 0.159 e. The van der Waals surface area contributed by atoms with Gasteiger partial charge in [0.15, 0.2) is 5.84 Å². The summed E-state index contributed by atoms with van der Waals surface area (Å²) in [6.07, 6.45) is 7.47. The normalized spacial score (nSPS) is 12.5. The fourth-order valence-electron chi connectivity index (χ4n) is 1.46. The Kier molecular flexibility index (Phi) is 6.60. The average molecular weight is 329 g/mol. The Bertz CT molecular complexity index is 590. The van der Waals surface area contributed by atoms with E-state index in [9.17, 15) is 0 Å². The van der Waals surface area contributed by atoms with Crippen LogP contribution in [0.4, 0.5) is 0 Å². The molecule has 0 aliphatic carbocycles. The Hall–Kier alpha value is -2.00. The van der Waals surface area contributed by atoms with Crippen LogP contribution in [0.25, 0.3) is 0 Å². The smallest absolute Gasteiger partial charge is 0.159 e. The largest absolute Gasteiger partial charge is 0.245 e. The molecule has 1 aromatic rings. The number of nitrogens with zero attached hydrogens (tertiary/aromatic N) is 2. The van der Waals surface area contributed by atoms with E-state index in [0.717, 1.165) is 15.6 Å². The number of rotatable bonds is 5. The summed E-state index contributed by atoms with van der Waals surface area (Å²) in [5.74, 6) is 0.538. The lowest BCUT2D eigenvalue weighted by molar-refractivity contribution is 1.33. The number of benzene rings is 1. The Morgan fingerprint density at radius 3 is 2.40 bits per heavy atom. The zero-order valence-electron chi connectivity index (χ0n) is 11.5. The molecule has 0 amide bonds. The lowest BCUT2D eigenvalue weighted by atomic mass is 10.1. The quantitative estimate of drug-likeness (QED) is 0.408. The van der Waals surface area contributed by atoms with Crippen molar-refractivity contribution in [1.82, 2.24) is 0 Å². The Labute approximate surface area is 128 Å². The molecule has 3 heteroatoms. The molecule has 0 aliphatic rings. The minimum Gasteiger partial charge on any atom is -0.245 e. The molecule has 0 bridgehead atoms. The number of amidine groups is 1. The maximum absolute atomic E-state index is 4.42. The first kappa shape index (κ1) is 16.1. The van der Waals surface area contributed by atoms with E-state index in [0.29, 0.717) is 11.5 Å². The molecule has 0 atom stereocenters. The van der Waals surface area contributed by atoms with Crippen LogP contribution < -0.4 is 0 Å². The monoisotopic (exact) mass is 328 g/mol. The average Bonchev–Trinajstić information content (AvgIpc) is 2.46. The lowest BCUT2D eigenvalue weighted by Gasteiger charge is -2.04. The van der Waals surface area contributed by atoms with Crippen molar-refractivity contribution in [3.63, 3.8) is 0 Å². The number of aliphatic imine (C=N–C) groups is 2. The maximum atomic E-state index is 4.42. The molecule has 0 aliphatic heterocycles. The predicted octanol–water partition coefficient (Wildman–Crippen LogP) is 5.10. The molecule has 1 aromatic carbocycles.